The monoisotopic (exact) mass is 629 g/mol. The topological polar surface area (TPSA) is 86.8 Å². The molecule has 1 atom stereocenters. The van der Waals surface area contributed by atoms with E-state index in [9.17, 15) is 18.0 Å². The fourth-order valence-corrected chi connectivity index (χ4v) is 7.37. The molecule has 1 aliphatic rings. The van der Waals surface area contributed by atoms with Gasteiger partial charge in [-0.05, 0) is 61.6 Å². The van der Waals surface area contributed by atoms with Crippen molar-refractivity contribution >= 4 is 50.7 Å². The van der Waals surface area contributed by atoms with Gasteiger partial charge in [-0.15, -0.1) is 0 Å². The average molecular weight is 631 g/mol. The van der Waals surface area contributed by atoms with E-state index >= 15 is 0 Å². The highest BCUT2D eigenvalue weighted by molar-refractivity contribution is 7.92. The number of nitrogens with one attached hydrogen (secondary N) is 1. The second-order valence-corrected chi connectivity index (χ2v) is 13.2. The van der Waals surface area contributed by atoms with Gasteiger partial charge >= 0.3 is 0 Å². The zero-order chi connectivity index (χ0) is 30.1. The van der Waals surface area contributed by atoms with E-state index < -0.39 is 28.5 Å². The van der Waals surface area contributed by atoms with Gasteiger partial charge < -0.3 is 10.2 Å². The molecule has 0 aromatic heterocycles. The third kappa shape index (κ3) is 8.06. The van der Waals surface area contributed by atoms with Gasteiger partial charge in [-0.1, -0.05) is 97.9 Å². The lowest BCUT2D eigenvalue weighted by Gasteiger charge is -2.34. The smallest absolute Gasteiger partial charge is 0.264 e. The summed E-state index contributed by atoms with van der Waals surface area (Å²) in [4.78, 5) is 29.3. The first-order valence-electron chi connectivity index (χ1n) is 14.4. The molecule has 1 saturated carbocycles. The van der Waals surface area contributed by atoms with Crippen molar-refractivity contribution in [2.45, 2.75) is 68.8 Å². The Hall–Kier alpha value is -3.07. The highest BCUT2D eigenvalue weighted by Gasteiger charge is 2.34. The fourth-order valence-electron chi connectivity index (χ4n) is 5.36. The molecule has 224 valence electrons. The summed E-state index contributed by atoms with van der Waals surface area (Å²) in [7, 11) is -4.20. The zero-order valence-corrected chi connectivity index (χ0v) is 26.0. The SMILES string of the molecule is CC[C@H](C(=O)NC1CCCCC1)N(CCc1ccccc1)C(=O)CN(c1ccc(Cl)cc1Cl)S(=O)(=O)c1ccccc1. The van der Waals surface area contributed by atoms with Gasteiger partial charge in [0.2, 0.25) is 11.8 Å². The number of carbonyl (C=O) groups excluding carboxylic acids is 2. The normalized spacial score (nSPS) is 14.6. The number of hydrogen-bond acceptors (Lipinski definition) is 4. The van der Waals surface area contributed by atoms with E-state index in [-0.39, 0.29) is 34.1 Å². The Balaban J connectivity index is 1.68. The van der Waals surface area contributed by atoms with Crippen molar-refractivity contribution in [2.24, 2.45) is 0 Å². The molecule has 42 heavy (non-hydrogen) atoms. The van der Waals surface area contributed by atoms with Crippen molar-refractivity contribution in [1.82, 2.24) is 10.2 Å². The molecule has 3 aromatic carbocycles. The van der Waals surface area contributed by atoms with Gasteiger partial charge in [0.25, 0.3) is 10.0 Å². The van der Waals surface area contributed by atoms with E-state index in [0.717, 1.165) is 42.0 Å². The molecule has 1 N–H and O–H groups in total. The average Bonchev–Trinajstić information content (AvgIpc) is 2.99. The second-order valence-electron chi connectivity index (χ2n) is 10.5. The minimum absolute atomic E-state index is 0.0155. The molecule has 2 amide bonds. The molecule has 10 heteroatoms. The lowest BCUT2D eigenvalue weighted by Crippen LogP contribution is -2.54. The predicted molar refractivity (Wildman–Crippen MR) is 168 cm³/mol. The van der Waals surface area contributed by atoms with Crippen LogP contribution in [0.5, 0.6) is 0 Å². The number of halogens is 2. The maximum Gasteiger partial charge on any atom is 0.264 e. The van der Waals surface area contributed by atoms with Gasteiger partial charge in [0.1, 0.15) is 12.6 Å². The van der Waals surface area contributed by atoms with Crippen molar-refractivity contribution in [2.75, 3.05) is 17.4 Å². The summed E-state index contributed by atoms with van der Waals surface area (Å²) in [5.41, 5.74) is 1.13. The number of nitrogens with zero attached hydrogens (tertiary/aromatic N) is 2. The van der Waals surface area contributed by atoms with Gasteiger partial charge in [0.15, 0.2) is 0 Å². The standard InChI is InChI=1S/C32H37Cl2N3O4S/c1-2-29(32(39)35-26-14-8-4-9-15-26)36(21-20-24-12-6-3-7-13-24)31(38)23-37(30-19-18-25(33)22-28(30)34)42(40,41)27-16-10-5-11-17-27/h3,5-7,10-13,16-19,22,26,29H,2,4,8-9,14-15,20-21,23H2,1H3,(H,35,39)/t29-/m1/s1. The minimum atomic E-state index is -4.20. The minimum Gasteiger partial charge on any atom is -0.352 e. The maximum absolute atomic E-state index is 14.2. The Labute approximate surface area is 258 Å². The summed E-state index contributed by atoms with van der Waals surface area (Å²) in [6.07, 6.45) is 6.00. The molecule has 0 heterocycles. The van der Waals surface area contributed by atoms with Crippen LogP contribution in [0.3, 0.4) is 0 Å². The predicted octanol–water partition coefficient (Wildman–Crippen LogP) is 6.49. The van der Waals surface area contributed by atoms with Crippen LogP contribution in [0.2, 0.25) is 10.0 Å². The van der Waals surface area contributed by atoms with Gasteiger partial charge in [-0.25, -0.2) is 8.42 Å². The quantitative estimate of drug-likeness (QED) is 0.248. The molecule has 4 rings (SSSR count). The zero-order valence-electron chi connectivity index (χ0n) is 23.7. The van der Waals surface area contributed by atoms with Crippen LogP contribution in [-0.4, -0.2) is 50.3 Å². The van der Waals surface area contributed by atoms with E-state index in [4.69, 9.17) is 23.2 Å². The number of sulfonamides is 1. The first kappa shape index (κ1) is 31.9. The van der Waals surface area contributed by atoms with Crippen molar-refractivity contribution in [3.63, 3.8) is 0 Å². The van der Waals surface area contributed by atoms with Crippen molar-refractivity contribution in [3.8, 4) is 0 Å². The summed E-state index contributed by atoms with van der Waals surface area (Å²) in [5, 5.41) is 3.59. The van der Waals surface area contributed by atoms with Gasteiger partial charge in [-0.3, -0.25) is 13.9 Å². The van der Waals surface area contributed by atoms with Crippen LogP contribution in [0.15, 0.2) is 83.8 Å². The first-order chi connectivity index (χ1) is 20.2. The van der Waals surface area contributed by atoms with Gasteiger partial charge in [-0.2, -0.15) is 0 Å². The Morgan fingerprint density at radius 1 is 0.929 bits per heavy atom. The summed E-state index contributed by atoms with van der Waals surface area (Å²) < 4.78 is 28.9. The summed E-state index contributed by atoms with van der Waals surface area (Å²) in [5.74, 6) is -0.713. The van der Waals surface area contributed by atoms with Crippen molar-refractivity contribution in [3.05, 3.63) is 94.5 Å². The van der Waals surface area contributed by atoms with Crippen molar-refractivity contribution < 1.29 is 18.0 Å². The molecular formula is C32H37Cl2N3O4S. The highest BCUT2D eigenvalue weighted by Crippen LogP contribution is 2.33. The Kier molecular flexibility index (Phi) is 11.3. The Bertz CT molecular complexity index is 1450. The van der Waals surface area contributed by atoms with Crippen LogP contribution in [0.25, 0.3) is 0 Å². The maximum atomic E-state index is 14.2. The number of carbonyl (C=O) groups is 2. The molecule has 1 aliphatic carbocycles. The van der Waals surface area contributed by atoms with Crippen LogP contribution in [-0.2, 0) is 26.0 Å². The second kappa shape index (κ2) is 14.9. The fraction of sp³-hybridized carbons (Fsp3) is 0.375. The lowest BCUT2D eigenvalue weighted by molar-refractivity contribution is -0.140. The molecule has 0 bridgehead atoms. The molecule has 0 radical (unpaired) electrons. The first-order valence-corrected chi connectivity index (χ1v) is 16.6. The van der Waals surface area contributed by atoms with Crippen LogP contribution < -0.4 is 9.62 Å². The highest BCUT2D eigenvalue weighted by atomic mass is 35.5. The molecule has 0 saturated heterocycles. The third-order valence-electron chi connectivity index (χ3n) is 7.61. The molecule has 3 aromatic rings. The van der Waals surface area contributed by atoms with Crippen LogP contribution in [0, 0.1) is 0 Å². The number of anilines is 1. The number of hydrogen-bond donors (Lipinski definition) is 1. The molecule has 0 unspecified atom stereocenters. The summed E-state index contributed by atoms with van der Waals surface area (Å²) in [6.45, 7) is 1.57. The Morgan fingerprint density at radius 2 is 1.57 bits per heavy atom. The largest absolute Gasteiger partial charge is 0.352 e. The molecular weight excluding hydrogens is 593 g/mol. The number of amides is 2. The van der Waals surface area contributed by atoms with E-state index in [1.54, 1.807) is 18.2 Å². The lowest BCUT2D eigenvalue weighted by atomic mass is 9.95. The molecule has 1 fully saturated rings. The summed E-state index contributed by atoms with van der Waals surface area (Å²) >= 11 is 12.6. The van der Waals surface area contributed by atoms with E-state index in [1.165, 1.54) is 35.2 Å². The van der Waals surface area contributed by atoms with E-state index in [0.29, 0.717) is 17.9 Å². The van der Waals surface area contributed by atoms with Crippen LogP contribution in [0.1, 0.15) is 51.0 Å². The summed E-state index contributed by atoms with van der Waals surface area (Å²) in [6, 6.07) is 21.3. The van der Waals surface area contributed by atoms with Gasteiger partial charge in [0, 0.05) is 17.6 Å². The Morgan fingerprint density at radius 3 is 2.19 bits per heavy atom. The van der Waals surface area contributed by atoms with Crippen LogP contribution >= 0.6 is 23.2 Å². The van der Waals surface area contributed by atoms with Gasteiger partial charge in [0.05, 0.1) is 15.6 Å². The molecule has 7 nitrogen and oxygen atoms in total. The van der Waals surface area contributed by atoms with Crippen molar-refractivity contribution in [1.29, 1.82) is 0 Å². The van der Waals surface area contributed by atoms with E-state index in [2.05, 4.69) is 5.32 Å². The number of benzene rings is 3. The van der Waals surface area contributed by atoms with E-state index in [1.807, 2.05) is 37.3 Å². The third-order valence-corrected chi connectivity index (χ3v) is 9.92. The molecule has 0 aliphatic heterocycles. The van der Waals surface area contributed by atoms with Crippen LogP contribution in [0.4, 0.5) is 5.69 Å². The molecule has 0 spiro atoms. The number of rotatable bonds is 12.